The van der Waals surface area contributed by atoms with Gasteiger partial charge in [0.2, 0.25) is 0 Å². The molecule has 0 bridgehead atoms. The van der Waals surface area contributed by atoms with Crippen molar-refractivity contribution in [1.82, 2.24) is 4.90 Å². The van der Waals surface area contributed by atoms with E-state index < -0.39 is 0 Å². The van der Waals surface area contributed by atoms with Crippen LogP contribution < -0.4 is 0 Å². The van der Waals surface area contributed by atoms with Crippen LogP contribution in [0.25, 0.3) is 0 Å². The highest BCUT2D eigenvalue weighted by Crippen LogP contribution is 2.26. The smallest absolute Gasteiger partial charge is 0.0175 e. The lowest BCUT2D eigenvalue weighted by molar-refractivity contribution is 0.115. The van der Waals surface area contributed by atoms with Gasteiger partial charge in [-0.3, -0.25) is 0 Å². The zero-order chi connectivity index (χ0) is 15.1. The molecule has 2 unspecified atom stereocenters. The van der Waals surface area contributed by atoms with E-state index in [0.717, 1.165) is 17.9 Å². The molecule has 0 N–H and O–H groups in total. The predicted octanol–water partition coefficient (Wildman–Crippen LogP) is 4.82. The number of hydrogen-bond donors (Lipinski definition) is 0. The lowest BCUT2D eigenvalue weighted by atomic mass is 9.86. The summed E-state index contributed by atoms with van der Waals surface area (Å²) in [4.78, 5) is 2.70. The topological polar surface area (TPSA) is 3.24 Å². The zero-order valence-electron chi connectivity index (χ0n) is 14.6. The summed E-state index contributed by atoms with van der Waals surface area (Å²) in [6.45, 7) is 16.4. The van der Waals surface area contributed by atoms with Crippen LogP contribution in [0, 0.1) is 35.5 Å². The van der Waals surface area contributed by atoms with Crippen molar-refractivity contribution in [3.63, 3.8) is 0 Å². The largest absolute Gasteiger partial charge is 0.301 e. The molecule has 0 aromatic carbocycles. The maximum absolute atomic E-state index is 3.39. The van der Waals surface area contributed by atoms with Crippen LogP contribution in [0.1, 0.15) is 67.2 Å². The van der Waals surface area contributed by atoms with Crippen molar-refractivity contribution in [2.75, 3.05) is 13.1 Å². The quantitative estimate of drug-likeness (QED) is 0.651. The standard InChI is InChI=1S/C19H35N/c1-15(2)7-8-17(5)9-10-18(6)20-13-11-19(12-14-20)16(3)4/h15-19H,9-14H2,1-6H3. The second-order valence-electron chi connectivity index (χ2n) is 7.39. The van der Waals surface area contributed by atoms with Gasteiger partial charge in [-0.25, -0.2) is 0 Å². The number of piperidine rings is 1. The van der Waals surface area contributed by atoms with Crippen LogP contribution in [0.2, 0.25) is 0 Å². The van der Waals surface area contributed by atoms with E-state index in [0.29, 0.717) is 11.8 Å². The first-order valence-corrected chi connectivity index (χ1v) is 8.65. The second-order valence-corrected chi connectivity index (χ2v) is 7.39. The second kappa shape index (κ2) is 8.73. The molecule has 1 aliphatic rings. The molecule has 0 aliphatic carbocycles. The van der Waals surface area contributed by atoms with Crippen molar-refractivity contribution in [2.45, 2.75) is 73.3 Å². The average Bonchev–Trinajstić information content (AvgIpc) is 2.42. The summed E-state index contributed by atoms with van der Waals surface area (Å²) in [6, 6.07) is 0.728. The monoisotopic (exact) mass is 277 g/mol. The van der Waals surface area contributed by atoms with E-state index in [-0.39, 0.29) is 0 Å². The van der Waals surface area contributed by atoms with E-state index in [1.807, 2.05) is 0 Å². The fourth-order valence-corrected chi connectivity index (χ4v) is 3.08. The first kappa shape index (κ1) is 17.6. The first-order valence-electron chi connectivity index (χ1n) is 8.65. The van der Waals surface area contributed by atoms with Gasteiger partial charge in [-0.15, -0.1) is 5.92 Å². The molecule has 1 saturated heterocycles. The molecule has 116 valence electrons. The molecule has 20 heavy (non-hydrogen) atoms. The molecular formula is C19H35N. The predicted molar refractivity (Wildman–Crippen MR) is 89.6 cm³/mol. The number of rotatable bonds is 5. The summed E-state index contributed by atoms with van der Waals surface area (Å²) in [5, 5.41) is 0. The van der Waals surface area contributed by atoms with Gasteiger partial charge in [0.1, 0.15) is 0 Å². The third-order valence-corrected chi connectivity index (χ3v) is 4.78. The van der Waals surface area contributed by atoms with Crippen LogP contribution >= 0.6 is 0 Å². The lowest BCUT2D eigenvalue weighted by Gasteiger charge is -2.37. The molecule has 1 heterocycles. The van der Waals surface area contributed by atoms with Gasteiger partial charge in [0.15, 0.2) is 0 Å². The van der Waals surface area contributed by atoms with Crippen molar-refractivity contribution in [2.24, 2.45) is 23.7 Å². The Balaban J connectivity index is 2.27. The zero-order valence-corrected chi connectivity index (χ0v) is 14.6. The number of likely N-dealkylation sites (tertiary alicyclic amines) is 1. The van der Waals surface area contributed by atoms with Gasteiger partial charge in [0, 0.05) is 17.9 Å². The number of hydrogen-bond acceptors (Lipinski definition) is 1. The van der Waals surface area contributed by atoms with E-state index in [2.05, 4.69) is 58.3 Å². The normalized spacial score (nSPS) is 20.8. The molecule has 1 heteroatoms. The Morgan fingerprint density at radius 3 is 2.00 bits per heavy atom. The Labute approximate surface area is 127 Å². The molecular weight excluding hydrogens is 242 g/mol. The Morgan fingerprint density at radius 2 is 1.50 bits per heavy atom. The van der Waals surface area contributed by atoms with E-state index in [1.165, 1.54) is 38.8 Å². The molecule has 1 nitrogen and oxygen atoms in total. The fraction of sp³-hybridized carbons (Fsp3) is 0.895. The average molecular weight is 277 g/mol. The maximum Gasteiger partial charge on any atom is 0.0175 e. The van der Waals surface area contributed by atoms with Crippen LogP contribution in [-0.2, 0) is 0 Å². The van der Waals surface area contributed by atoms with Gasteiger partial charge in [-0.1, -0.05) is 40.5 Å². The van der Waals surface area contributed by atoms with Crippen molar-refractivity contribution in [3.8, 4) is 11.8 Å². The Hall–Kier alpha value is -0.480. The van der Waals surface area contributed by atoms with Crippen molar-refractivity contribution in [1.29, 1.82) is 0 Å². The Morgan fingerprint density at radius 1 is 0.900 bits per heavy atom. The highest BCUT2D eigenvalue weighted by Gasteiger charge is 2.24. The van der Waals surface area contributed by atoms with Crippen LogP contribution in [0.5, 0.6) is 0 Å². The number of nitrogens with zero attached hydrogens (tertiary/aromatic N) is 1. The van der Waals surface area contributed by atoms with E-state index in [9.17, 15) is 0 Å². The van der Waals surface area contributed by atoms with Crippen LogP contribution in [0.15, 0.2) is 0 Å². The van der Waals surface area contributed by atoms with Crippen LogP contribution in [-0.4, -0.2) is 24.0 Å². The molecule has 2 atom stereocenters. The highest BCUT2D eigenvalue weighted by molar-refractivity contribution is 5.04. The molecule has 0 spiro atoms. The molecule has 0 amide bonds. The van der Waals surface area contributed by atoms with E-state index in [1.54, 1.807) is 0 Å². The maximum atomic E-state index is 3.39. The van der Waals surface area contributed by atoms with E-state index >= 15 is 0 Å². The molecule has 0 radical (unpaired) electrons. The summed E-state index contributed by atoms with van der Waals surface area (Å²) < 4.78 is 0. The molecule has 0 aromatic rings. The van der Waals surface area contributed by atoms with Gasteiger partial charge in [-0.2, -0.15) is 0 Å². The van der Waals surface area contributed by atoms with Crippen LogP contribution in [0.3, 0.4) is 0 Å². The third-order valence-electron chi connectivity index (χ3n) is 4.78. The third kappa shape index (κ3) is 6.31. The Kier molecular flexibility index (Phi) is 7.67. The summed E-state index contributed by atoms with van der Waals surface area (Å²) >= 11 is 0. The Bertz CT molecular complexity index is 312. The van der Waals surface area contributed by atoms with Gasteiger partial charge in [0.25, 0.3) is 0 Å². The SMILES string of the molecule is CC(C)C#CC(C)CCC(C)N1CCC(C(C)C)CC1. The van der Waals surface area contributed by atoms with E-state index in [4.69, 9.17) is 0 Å². The van der Waals surface area contributed by atoms with Gasteiger partial charge in [0.05, 0.1) is 0 Å². The molecule has 1 aliphatic heterocycles. The minimum atomic E-state index is 0.505. The van der Waals surface area contributed by atoms with Crippen molar-refractivity contribution in [3.05, 3.63) is 0 Å². The minimum Gasteiger partial charge on any atom is -0.301 e. The summed E-state index contributed by atoms with van der Waals surface area (Å²) in [5.74, 6) is 9.56. The summed E-state index contributed by atoms with van der Waals surface area (Å²) in [5.41, 5.74) is 0. The van der Waals surface area contributed by atoms with Crippen LogP contribution in [0.4, 0.5) is 0 Å². The molecule has 0 aromatic heterocycles. The molecule has 0 saturated carbocycles. The van der Waals surface area contributed by atoms with Crippen molar-refractivity contribution >= 4 is 0 Å². The van der Waals surface area contributed by atoms with Gasteiger partial charge in [-0.05, 0) is 57.5 Å². The summed E-state index contributed by atoms with van der Waals surface area (Å²) in [7, 11) is 0. The van der Waals surface area contributed by atoms with Gasteiger partial charge >= 0.3 is 0 Å². The first-order chi connectivity index (χ1) is 9.40. The fourth-order valence-electron chi connectivity index (χ4n) is 3.08. The molecule has 1 rings (SSSR count). The van der Waals surface area contributed by atoms with Gasteiger partial charge < -0.3 is 4.90 Å². The highest BCUT2D eigenvalue weighted by atomic mass is 15.2. The molecule has 1 fully saturated rings. The summed E-state index contributed by atoms with van der Waals surface area (Å²) in [6.07, 6.45) is 5.32. The lowest BCUT2D eigenvalue weighted by Crippen LogP contribution is -2.41. The minimum absolute atomic E-state index is 0.505. The van der Waals surface area contributed by atoms with Crippen molar-refractivity contribution < 1.29 is 0 Å².